The highest BCUT2D eigenvalue weighted by atomic mass is 16.6. The Bertz CT molecular complexity index is 1780. The Kier molecular flexibility index (Phi) is 9.13. The zero-order valence-corrected chi connectivity index (χ0v) is 26.7. The molecule has 1 atom stereocenters. The lowest BCUT2D eigenvalue weighted by Crippen LogP contribution is -2.52. The molecule has 3 aromatic carbocycles. The number of hydrogen-bond donors (Lipinski definition) is 3. The maximum absolute atomic E-state index is 14.0. The van der Waals surface area contributed by atoms with Crippen molar-refractivity contribution in [3.05, 3.63) is 94.5 Å². The molecule has 11 nitrogen and oxygen atoms in total. The van der Waals surface area contributed by atoms with E-state index < -0.39 is 29.0 Å². The standard InChI is InChI=1S/C35H39N5O6/c1-34(2,3)45-33(44)38-35(4,5)20-29(41)36-27-19-18-24-10-6-9-13-28(24)40(31(27)42)21-22-14-16-23(17-15-22)25-11-7-8-12-26(25)30-37-32(43)46-39-30/h6-17,27H,18-21H2,1-5H3,(H,36,41)(H,38,44)(H,37,39,43). The number of aromatic nitrogens is 2. The molecule has 0 saturated carbocycles. The van der Waals surface area contributed by atoms with Gasteiger partial charge < -0.3 is 20.3 Å². The van der Waals surface area contributed by atoms with Crippen LogP contribution in [0.3, 0.4) is 0 Å². The number of fused-ring (bicyclic) bond motifs is 1. The second-order valence-corrected chi connectivity index (χ2v) is 13.1. The Balaban J connectivity index is 1.32. The summed E-state index contributed by atoms with van der Waals surface area (Å²) in [7, 11) is 0. The van der Waals surface area contributed by atoms with E-state index in [1.807, 2.05) is 72.8 Å². The predicted molar refractivity (Wildman–Crippen MR) is 174 cm³/mol. The van der Waals surface area contributed by atoms with E-state index in [4.69, 9.17) is 9.26 Å². The molecule has 240 valence electrons. The topological polar surface area (TPSA) is 147 Å². The van der Waals surface area contributed by atoms with E-state index in [1.165, 1.54) is 0 Å². The fraction of sp³-hybridized carbons (Fsp3) is 0.343. The smallest absolute Gasteiger partial charge is 0.439 e. The molecule has 5 rings (SSSR count). The Labute approximate surface area is 267 Å². The zero-order chi connectivity index (χ0) is 33.1. The van der Waals surface area contributed by atoms with Crippen LogP contribution in [0, 0.1) is 0 Å². The van der Waals surface area contributed by atoms with E-state index >= 15 is 0 Å². The fourth-order valence-corrected chi connectivity index (χ4v) is 5.54. The number of nitrogens with zero attached hydrogens (tertiary/aromatic N) is 2. The van der Waals surface area contributed by atoms with Gasteiger partial charge in [0.2, 0.25) is 11.8 Å². The fourth-order valence-electron chi connectivity index (χ4n) is 5.54. The van der Waals surface area contributed by atoms with Crippen LogP contribution in [0.25, 0.3) is 22.5 Å². The minimum absolute atomic E-state index is 0.0336. The summed E-state index contributed by atoms with van der Waals surface area (Å²) in [6.45, 7) is 9.08. The lowest BCUT2D eigenvalue weighted by atomic mass is 9.98. The number of anilines is 1. The lowest BCUT2D eigenvalue weighted by Gasteiger charge is -2.29. The number of amides is 3. The molecule has 0 spiro atoms. The van der Waals surface area contributed by atoms with Crippen molar-refractivity contribution in [3.8, 4) is 22.5 Å². The van der Waals surface area contributed by atoms with E-state index in [0.717, 1.165) is 33.5 Å². The first-order valence-electron chi connectivity index (χ1n) is 15.2. The van der Waals surface area contributed by atoms with E-state index in [2.05, 4.69) is 20.8 Å². The van der Waals surface area contributed by atoms with Crippen LogP contribution < -0.4 is 21.3 Å². The number of para-hydroxylation sites is 1. The largest absolute Gasteiger partial charge is 0.444 e. The molecule has 11 heteroatoms. The Morgan fingerprint density at radius 1 is 0.957 bits per heavy atom. The number of ether oxygens (including phenoxy) is 1. The van der Waals surface area contributed by atoms with Crippen molar-refractivity contribution in [2.75, 3.05) is 4.90 Å². The minimum atomic E-state index is -0.897. The molecule has 0 radical (unpaired) electrons. The molecular weight excluding hydrogens is 586 g/mol. The maximum atomic E-state index is 14.0. The SMILES string of the molecule is CC(C)(CC(=O)NC1CCc2ccccc2N(Cc2ccc(-c3ccccc3-c3noc(=O)[nH]3)cc2)C1=O)NC(=O)OC(C)(C)C. The number of alkyl carbamates (subject to hydrolysis) is 1. The number of H-pyrrole nitrogens is 1. The average Bonchev–Trinajstić information content (AvgIpc) is 3.37. The van der Waals surface area contributed by atoms with Gasteiger partial charge in [0.25, 0.3) is 0 Å². The molecule has 1 aliphatic rings. The van der Waals surface area contributed by atoms with Gasteiger partial charge in [0, 0.05) is 23.2 Å². The van der Waals surface area contributed by atoms with Crippen LogP contribution in [-0.4, -0.2) is 45.2 Å². The summed E-state index contributed by atoms with van der Waals surface area (Å²) in [4.78, 5) is 55.4. The van der Waals surface area contributed by atoms with Crippen molar-refractivity contribution in [1.29, 1.82) is 0 Å². The molecule has 2 heterocycles. The molecule has 1 aliphatic heterocycles. The van der Waals surface area contributed by atoms with E-state index in [1.54, 1.807) is 39.5 Å². The van der Waals surface area contributed by atoms with Crippen molar-refractivity contribution in [2.24, 2.45) is 0 Å². The first kappa shape index (κ1) is 32.2. The number of benzene rings is 3. The number of carbonyl (C=O) groups is 3. The summed E-state index contributed by atoms with van der Waals surface area (Å²) in [5.74, 6) is -0.839. The first-order chi connectivity index (χ1) is 21.8. The molecule has 0 fully saturated rings. The molecule has 1 unspecified atom stereocenters. The van der Waals surface area contributed by atoms with Gasteiger partial charge in [0.1, 0.15) is 11.6 Å². The maximum Gasteiger partial charge on any atom is 0.439 e. The van der Waals surface area contributed by atoms with Crippen LogP contribution in [0.1, 0.15) is 58.6 Å². The van der Waals surface area contributed by atoms with Crippen LogP contribution >= 0.6 is 0 Å². The molecule has 1 aromatic heterocycles. The van der Waals surface area contributed by atoms with Gasteiger partial charge in [-0.2, -0.15) is 0 Å². The highest BCUT2D eigenvalue weighted by Gasteiger charge is 2.33. The molecule has 3 amide bonds. The van der Waals surface area contributed by atoms with E-state index in [9.17, 15) is 19.2 Å². The van der Waals surface area contributed by atoms with Crippen LogP contribution in [-0.2, 0) is 27.3 Å². The third-order valence-electron chi connectivity index (χ3n) is 7.55. The molecular formula is C35H39N5O6. The van der Waals surface area contributed by atoms with Crippen molar-refractivity contribution in [3.63, 3.8) is 0 Å². The van der Waals surface area contributed by atoms with Crippen molar-refractivity contribution in [1.82, 2.24) is 20.8 Å². The van der Waals surface area contributed by atoms with Gasteiger partial charge in [-0.05, 0) is 75.8 Å². The summed E-state index contributed by atoms with van der Waals surface area (Å²) in [6, 6.07) is 22.4. The summed E-state index contributed by atoms with van der Waals surface area (Å²) >= 11 is 0. The first-order valence-corrected chi connectivity index (χ1v) is 15.2. The Morgan fingerprint density at radius 2 is 1.63 bits per heavy atom. The quantitative estimate of drug-likeness (QED) is 0.239. The highest BCUT2D eigenvalue weighted by molar-refractivity contribution is 6.00. The van der Waals surface area contributed by atoms with Gasteiger partial charge in [0.15, 0.2) is 5.82 Å². The van der Waals surface area contributed by atoms with Crippen LogP contribution in [0.5, 0.6) is 0 Å². The van der Waals surface area contributed by atoms with Gasteiger partial charge in [0.05, 0.1) is 6.54 Å². The van der Waals surface area contributed by atoms with Gasteiger partial charge in [-0.1, -0.05) is 71.9 Å². The third kappa shape index (κ3) is 7.90. The normalized spacial score (nSPS) is 15.1. The Hall–Kier alpha value is -5.19. The number of hydrogen-bond acceptors (Lipinski definition) is 7. The minimum Gasteiger partial charge on any atom is -0.444 e. The molecule has 4 aromatic rings. The third-order valence-corrected chi connectivity index (χ3v) is 7.55. The highest BCUT2D eigenvalue weighted by Crippen LogP contribution is 2.32. The number of nitrogens with one attached hydrogen (secondary N) is 3. The van der Waals surface area contributed by atoms with Crippen LogP contribution in [0.15, 0.2) is 82.1 Å². The van der Waals surface area contributed by atoms with Gasteiger partial charge in [-0.25, -0.2) is 9.59 Å². The second-order valence-electron chi connectivity index (χ2n) is 13.1. The van der Waals surface area contributed by atoms with Crippen LogP contribution in [0.2, 0.25) is 0 Å². The summed E-state index contributed by atoms with van der Waals surface area (Å²) < 4.78 is 10.0. The number of aryl methyl sites for hydroxylation is 1. The second kappa shape index (κ2) is 13.0. The van der Waals surface area contributed by atoms with E-state index in [0.29, 0.717) is 25.2 Å². The molecule has 0 saturated heterocycles. The number of carbonyl (C=O) groups excluding carboxylic acids is 3. The summed E-state index contributed by atoms with van der Waals surface area (Å²) in [5.41, 5.74) is 3.64. The van der Waals surface area contributed by atoms with E-state index in [-0.39, 0.29) is 18.2 Å². The number of rotatable bonds is 8. The molecule has 3 N–H and O–H groups in total. The molecule has 0 aliphatic carbocycles. The van der Waals surface area contributed by atoms with Gasteiger partial charge >= 0.3 is 11.8 Å². The van der Waals surface area contributed by atoms with Crippen molar-refractivity contribution in [2.45, 2.75) is 77.6 Å². The van der Waals surface area contributed by atoms with Crippen molar-refractivity contribution >= 4 is 23.6 Å². The molecule has 0 bridgehead atoms. The average molecular weight is 626 g/mol. The zero-order valence-electron chi connectivity index (χ0n) is 26.7. The monoisotopic (exact) mass is 625 g/mol. The predicted octanol–water partition coefficient (Wildman–Crippen LogP) is 5.35. The molecule has 46 heavy (non-hydrogen) atoms. The summed E-state index contributed by atoms with van der Waals surface area (Å²) in [5, 5.41) is 9.52. The summed E-state index contributed by atoms with van der Waals surface area (Å²) in [6.07, 6.45) is 0.412. The van der Waals surface area contributed by atoms with Crippen molar-refractivity contribution < 1.29 is 23.6 Å². The van der Waals surface area contributed by atoms with Gasteiger partial charge in [-0.3, -0.25) is 19.1 Å². The Morgan fingerprint density at radius 3 is 2.30 bits per heavy atom. The van der Waals surface area contributed by atoms with Gasteiger partial charge in [-0.15, -0.1) is 0 Å². The lowest BCUT2D eigenvalue weighted by molar-refractivity contribution is -0.128. The number of aromatic amines is 1. The van der Waals surface area contributed by atoms with Crippen LogP contribution in [0.4, 0.5) is 10.5 Å².